The standard InChI is InChI=1S/C18H22N4O6S/c1-4-21(5-2)14-8-6-13(7-9-14)18(23)19-20-29(26,27)15-10-11-17(28-3)16(12-15)22(24)25/h6-12,20H,4-5H2,1-3H3,(H,19,23). The molecule has 1 amide bonds. The number of nitrogens with one attached hydrogen (secondary N) is 2. The molecule has 10 nitrogen and oxygen atoms in total. The molecule has 2 aromatic carbocycles. The molecule has 2 N–H and O–H groups in total. The number of nitro groups is 1. The van der Waals surface area contributed by atoms with Crippen LogP contribution in [0.25, 0.3) is 0 Å². The number of nitrogens with zero attached hydrogens (tertiary/aromatic N) is 2. The Morgan fingerprint density at radius 1 is 1.14 bits per heavy atom. The molecule has 0 aliphatic carbocycles. The van der Waals surface area contributed by atoms with Gasteiger partial charge in [-0.25, -0.2) is 8.42 Å². The quantitative estimate of drug-likeness (QED) is 0.467. The number of methoxy groups -OCH3 is 1. The van der Waals surface area contributed by atoms with Gasteiger partial charge in [0, 0.05) is 30.4 Å². The zero-order valence-electron chi connectivity index (χ0n) is 16.2. The normalized spacial score (nSPS) is 11.0. The number of sulfonamides is 1. The molecule has 0 saturated carbocycles. The molecule has 0 spiro atoms. The van der Waals surface area contributed by atoms with Crippen LogP contribution in [-0.4, -0.2) is 39.4 Å². The van der Waals surface area contributed by atoms with Gasteiger partial charge in [0.2, 0.25) is 0 Å². The van der Waals surface area contributed by atoms with Crippen LogP contribution in [0.5, 0.6) is 5.75 Å². The van der Waals surface area contributed by atoms with Crippen molar-refractivity contribution in [2.24, 2.45) is 0 Å². The lowest BCUT2D eigenvalue weighted by molar-refractivity contribution is -0.386. The van der Waals surface area contributed by atoms with E-state index in [1.54, 1.807) is 24.3 Å². The molecule has 0 atom stereocenters. The average Bonchev–Trinajstić information content (AvgIpc) is 2.72. The maximum Gasteiger partial charge on any atom is 0.312 e. The van der Waals surface area contributed by atoms with Gasteiger partial charge in [0.15, 0.2) is 5.75 Å². The minimum Gasteiger partial charge on any atom is -0.490 e. The monoisotopic (exact) mass is 422 g/mol. The number of anilines is 1. The van der Waals surface area contributed by atoms with Gasteiger partial charge in [-0.2, -0.15) is 0 Å². The molecule has 29 heavy (non-hydrogen) atoms. The molecule has 0 saturated heterocycles. The Hall–Kier alpha value is -3.18. The number of rotatable bonds is 9. The Morgan fingerprint density at radius 2 is 1.76 bits per heavy atom. The van der Waals surface area contributed by atoms with Gasteiger partial charge in [-0.3, -0.25) is 20.3 Å². The van der Waals surface area contributed by atoms with E-state index in [9.17, 15) is 23.3 Å². The second kappa shape index (κ2) is 9.34. The van der Waals surface area contributed by atoms with E-state index in [1.807, 2.05) is 18.7 Å². The molecule has 11 heteroatoms. The van der Waals surface area contributed by atoms with Crippen molar-refractivity contribution < 1.29 is 22.9 Å². The summed E-state index contributed by atoms with van der Waals surface area (Å²) in [5.74, 6) is -0.742. The largest absolute Gasteiger partial charge is 0.490 e. The molecule has 0 aliphatic heterocycles. The first-order valence-electron chi connectivity index (χ1n) is 8.73. The molecule has 2 aromatic rings. The Bertz CT molecular complexity index is 988. The predicted molar refractivity (Wildman–Crippen MR) is 107 cm³/mol. The van der Waals surface area contributed by atoms with E-state index >= 15 is 0 Å². The van der Waals surface area contributed by atoms with Gasteiger partial charge in [-0.15, -0.1) is 4.83 Å². The van der Waals surface area contributed by atoms with Gasteiger partial charge in [0.1, 0.15) is 0 Å². The second-order valence-electron chi connectivity index (χ2n) is 5.87. The molecule has 0 bridgehead atoms. The third-order valence-corrected chi connectivity index (χ3v) is 5.46. The number of benzene rings is 2. The first-order chi connectivity index (χ1) is 13.7. The summed E-state index contributed by atoms with van der Waals surface area (Å²) in [4.78, 5) is 26.2. The summed E-state index contributed by atoms with van der Waals surface area (Å²) in [7, 11) is -2.99. The molecule has 0 radical (unpaired) electrons. The highest BCUT2D eigenvalue weighted by Crippen LogP contribution is 2.29. The summed E-state index contributed by atoms with van der Waals surface area (Å²) < 4.78 is 29.6. The van der Waals surface area contributed by atoms with Gasteiger partial charge in [0.25, 0.3) is 15.9 Å². The summed E-state index contributed by atoms with van der Waals surface area (Å²) in [6.07, 6.45) is 0. The SMILES string of the molecule is CCN(CC)c1ccc(C(=O)NNS(=O)(=O)c2ccc(OC)c([N+](=O)[O-])c2)cc1. The first kappa shape index (κ1) is 22.1. The summed E-state index contributed by atoms with van der Waals surface area (Å²) in [5.41, 5.74) is 2.79. The number of hydrogen-bond donors (Lipinski definition) is 2. The van der Waals surface area contributed by atoms with Gasteiger partial charge in [-0.05, 0) is 50.2 Å². The lowest BCUT2D eigenvalue weighted by Gasteiger charge is -2.21. The van der Waals surface area contributed by atoms with Crippen molar-refractivity contribution in [3.63, 3.8) is 0 Å². The lowest BCUT2D eigenvalue weighted by atomic mass is 10.2. The topological polar surface area (TPSA) is 131 Å². The molecule has 0 fully saturated rings. The van der Waals surface area contributed by atoms with E-state index in [4.69, 9.17) is 4.74 Å². The Kier molecular flexibility index (Phi) is 7.13. The van der Waals surface area contributed by atoms with Crippen LogP contribution in [0.3, 0.4) is 0 Å². The minimum absolute atomic E-state index is 0.0775. The van der Waals surface area contributed by atoms with Crippen LogP contribution in [0, 0.1) is 10.1 Å². The van der Waals surface area contributed by atoms with Crippen LogP contribution < -0.4 is 19.9 Å². The number of hydrogen-bond acceptors (Lipinski definition) is 7. The van der Waals surface area contributed by atoms with Gasteiger partial charge >= 0.3 is 5.69 Å². The van der Waals surface area contributed by atoms with E-state index in [2.05, 4.69) is 10.3 Å². The Balaban J connectivity index is 2.13. The summed E-state index contributed by atoms with van der Waals surface area (Å²) in [5, 5.41) is 11.1. The van der Waals surface area contributed by atoms with Crippen LogP contribution in [0.2, 0.25) is 0 Å². The van der Waals surface area contributed by atoms with E-state index in [1.165, 1.54) is 13.2 Å². The number of nitro benzene ring substituents is 1. The number of carbonyl (C=O) groups excluding carboxylic acids is 1. The van der Waals surface area contributed by atoms with E-state index < -0.39 is 26.5 Å². The van der Waals surface area contributed by atoms with Gasteiger partial charge in [-0.1, -0.05) is 0 Å². The van der Waals surface area contributed by atoms with Crippen LogP contribution in [-0.2, 0) is 10.0 Å². The van der Waals surface area contributed by atoms with Crippen LogP contribution in [0.1, 0.15) is 24.2 Å². The third kappa shape index (κ3) is 5.21. The lowest BCUT2D eigenvalue weighted by Crippen LogP contribution is -2.41. The summed E-state index contributed by atoms with van der Waals surface area (Å²) in [6, 6.07) is 9.85. The fraction of sp³-hybridized carbons (Fsp3) is 0.278. The predicted octanol–water partition coefficient (Wildman–Crippen LogP) is 2.07. The highest BCUT2D eigenvalue weighted by Gasteiger charge is 2.22. The molecular formula is C18H22N4O6S. The van der Waals surface area contributed by atoms with Crippen molar-refractivity contribution in [1.29, 1.82) is 0 Å². The van der Waals surface area contributed by atoms with Crippen molar-refractivity contribution in [2.75, 3.05) is 25.1 Å². The van der Waals surface area contributed by atoms with Gasteiger partial charge in [0.05, 0.1) is 16.9 Å². The summed E-state index contributed by atoms with van der Waals surface area (Å²) >= 11 is 0. The number of carbonyl (C=O) groups is 1. The van der Waals surface area contributed by atoms with Crippen molar-refractivity contribution in [3.8, 4) is 5.75 Å². The zero-order chi connectivity index (χ0) is 21.6. The van der Waals surface area contributed by atoms with Crippen molar-refractivity contribution in [1.82, 2.24) is 10.3 Å². The highest BCUT2D eigenvalue weighted by molar-refractivity contribution is 7.89. The zero-order valence-corrected chi connectivity index (χ0v) is 17.0. The molecule has 0 aromatic heterocycles. The average molecular weight is 422 g/mol. The fourth-order valence-electron chi connectivity index (χ4n) is 2.64. The molecule has 156 valence electrons. The number of amides is 1. The van der Waals surface area contributed by atoms with Crippen molar-refractivity contribution >= 4 is 27.3 Å². The van der Waals surface area contributed by atoms with Gasteiger partial charge < -0.3 is 9.64 Å². The van der Waals surface area contributed by atoms with Crippen molar-refractivity contribution in [3.05, 3.63) is 58.1 Å². The van der Waals surface area contributed by atoms with E-state index in [-0.39, 0.29) is 16.2 Å². The van der Waals surface area contributed by atoms with E-state index in [0.717, 1.165) is 30.9 Å². The Morgan fingerprint density at radius 3 is 2.28 bits per heavy atom. The minimum atomic E-state index is -4.22. The summed E-state index contributed by atoms with van der Waals surface area (Å²) in [6.45, 7) is 5.66. The molecule has 0 aliphatic rings. The smallest absolute Gasteiger partial charge is 0.312 e. The molecule has 0 heterocycles. The second-order valence-corrected chi connectivity index (χ2v) is 7.55. The highest BCUT2D eigenvalue weighted by atomic mass is 32.2. The molecule has 2 rings (SSSR count). The Labute approximate surface area is 168 Å². The number of ether oxygens (including phenoxy) is 1. The van der Waals surface area contributed by atoms with Crippen LogP contribution >= 0.6 is 0 Å². The van der Waals surface area contributed by atoms with Crippen LogP contribution in [0.15, 0.2) is 47.4 Å². The number of hydrazine groups is 1. The van der Waals surface area contributed by atoms with E-state index in [0.29, 0.717) is 0 Å². The maximum atomic E-state index is 12.4. The van der Waals surface area contributed by atoms with Crippen LogP contribution in [0.4, 0.5) is 11.4 Å². The third-order valence-electron chi connectivity index (χ3n) is 4.21. The molecule has 0 unspecified atom stereocenters. The van der Waals surface area contributed by atoms with Crippen molar-refractivity contribution in [2.45, 2.75) is 18.7 Å². The first-order valence-corrected chi connectivity index (χ1v) is 10.2. The fourth-order valence-corrected chi connectivity index (χ4v) is 3.50. The maximum absolute atomic E-state index is 12.4. The molecular weight excluding hydrogens is 400 g/mol.